The van der Waals surface area contributed by atoms with Crippen molar-refractivity contribution in [2.75, 3.05) is 21.3 Å². The van der Waals surface area contributed by atoms with E-state index in [1.54, 1.807) is 0 Å². The predicted octanol–water partition coefficient (Wildman–Crippen LogP) is 2.68. The Hall–Kier alpha value is -1.33. The minimum atomic E-state index is -1.13. The fraction of sp³-hybridized carbons (Fsp3) is 0.417. The van der Waals surface area contributed by atoms with Crippen LogP contribution in [0.4, 0.5) is 0 Å². The molecule has 0 heterocycles. The third-order valence-electron chi connectivity index (χ3n) is 2.56. The summed E-state index contributed by atoms with van der Waals surface area (Å²) in [4.78, 5) is 10.1. The molecule has 0 aliphatic heterocycles. The van der Waals surface area contributed by atoms with Crippen LogP contribution < -0.4 is 14.2 Å². The molecule has 1 aromatic rings. The van der Waals surface area contributed by atoms with Crippen molar-refractivity contribution in [3.8, 4) is 17.2 Å². The van der Waals surface area contributed by atoms with Gasteiger partial charge in [-0.15, -0.1) is 23.2 Å². The van der Waals surface area contributed by atoms with Gasteiger partial charge < -0.3 is 19.3 Å². The number of benzene rings is 1. The Balaban J connectivity index is 3.40. The minimum absolute atomic E-state index is 0.345. The SMILES string of the molecule is COc1cc(C(C(=O)O)C(Cl)Cl)cc(OC)c1OC. The van der Waals surface area contributed by atoms with E-state index in [0.717, 1.165) is 0 Å². The fourth-order valence-electron chi connectivity index (χ4n) is 1.68. The van der Waals surface area contributed by atoms with E-state index in [4.69, 9.17) is 42.5 Å². The summed E-state index contributed by atoms with van der Waals surface area (Å²) in [6, 6.07) is 3.02. The third-order valence-corrected chi connectivity index (χ3v) is 3.07. The first-order valence-corrected chi connectivity index (χ1v) is 6.14. The van der Waals surface area contributed by atoms with Gasteiger partial charge in [0.05, 0.1) is 21.3 Å². The molecule has 0 amide bonds. The number of alkyl halides is 2. The van der Waals surface area contributed by atoms with Crippen LogP contribution >= 0.6 is 23.2 Å². The topological polar surface area (TPSA) is 65.0 Å². The second kappa shape index (κ2) is 6.73. The number of hydrogen-bond donors (Lipinski definition) is 1. The van der Waals surface area contributed by atoms with E-state index in [-0.39, 0.29) is 0 Å². The van der Waals surface area contributed by atoms with Crippen LogP contribution in [0.2, 0.25) is 0 Å². The molecule has 1 atom stereocenters. The van der Waals surface area contributed by atoms with Crippen LogP contribution in [-0.4, -0.2) is 37.2 Å². The Morgan fingerprint density at radius 2 is 1.58 bits per heavy atom. The van der Waals surface area contributed by atoms with Crippen molar-refractivity contribution in [2.24, 2.45) is 0 Å². The number of hydrogen-bond acceptors (Lipinski definition) is 4. The zero-order valence-corrected chi connectivity index (χ0v) is 12.2. The van der Waals surface area contributed by atoms with Crippen LogP contribution in [0.5, 0.6) is 17.2 Å². The molecule has 5 nitrogen and oxygen atoms in total. The smallest absolute Gasteiger partial charge is 0.313 e. The highest BCUT2D eigenvalue weighted by molar-refractivity contribution is 6.45. The van der Waals surface area contributed by atoms with E-state index in [1.807, 2.05) is 0 Å². The van der Waals surface area contributed by atoms with E-state index in [0.29, 0.717) is 22.8 Å². The van der Waals surface area contributed by atoms with Crippen molar-refractivity contribution in [3.63, 3.8) is 0 Å². The van der Waals surface area contributed by atoms with E-state index in [2.05, 4.69) is 0 Å². The van der Waals surface area contributed by atoms with E-state index < -0.39 is 16.7 Å². The molecule has 0 fully saturated rings. The lowest BCUT2D eigenvalue weighted by Crippen LogP contribution is -2.18. The number of carbonyl (C=O) groups is 1. The molecule has 0 aliphatic rings. The van der Waals surface area contributed by atoms with Crippen LogP contribution in [0, 0.1) is 0 Å². The molecule has 1 unspecified atom stereocenters. The average Bonchev–Trinajstić information content (AvgIpc) is 2.36. The zero-order chi connectivity index (χ0) is 14.6. The van der Waals surface area contributed by atoms with Crippen molar-refractivity contribution < 1.29 is 24.1 Å². The quantitative estimate of drug-likeness (QED) is 0.819. The van der Waals surface area contributed by atoms with Gasteiger partial charge in [-0.25, -0.2) is 0 Å². The highest BCUT2D eigenvalue weighted by Gasteiger charge is 2.29. The molecule has 1 N–H and O–H groups in total. The normalized spacial score (nSPS) is 12.1. The maximum Gasteiger partial charge on any atom is 0.313 e. The van der Waals surface area contributed by atoms with Crippen molar-refractivity contribution in [1.82, 2.24) is 0 Å². The van der Waals surface area contributed by atoms with Gasteiger partial charge >= 0.3 is 5.97 Å². The maximum absolute atomic E-state index is 11.2. The number of rotatable bonds is 6. The van der Waals surface area contributed by atoms with Gasteiger partial charge in [0, 0.05) is 0 Å². The van der Waals surface area contributed by atoms with Gasteiger partial charge in [-0.1, -0.05) is 0 Å². The minimum Gasteiger partial charge on any atom is -0.493 e. The molecule has 7 heteroatoms. The largest absolute Gasteiger partial charge is 0.493 e. The first-order chi connectivity index (χ1) is 8.96. The van der Waals surface area contributed by atoms with Crippen molar-refractivity contribution >= 4 is 29.2 Å². The van der Waals surface area contributed by atoms with Crippen molar-refractivity contribution in [1.29, 1.82) is 0 Å². The highest BCUT2D eigenvalue weighted by atomic mass is 35.5. The Kier molecular flexibility index (Phi) is 5.57. The number of ether oxygens (including phenoxy) is 3. The number of carboxylic acid groups (broad SMARTS) is 1. The van der Waals surface area contributed by atoms with Gasteiger partial charge in [0.1, 0.15) is 10.8 Å². The summed E-state index contributed by atoms with van der Waals surface area (Å²) in [5, 5.41) is 9.17. The van der Waals surface area contributed by atoms with Crippen LogP contribution in [0.1, 0.15) is 11.5 Å². The van der Waals surface area contributed by atoms with Crippen LogP contribution in [-0.2, 0) is 4.79 Å². The van der Waals surface area contributed by atoms with E-state index in [9.17, 15) is 4.79 Å². The molecule has 0 saturated heterocycles. The monoisotopic (exact) mass is 308 g/mol. The highest BCUT2D eigenvalue weighted by Crippen LogP contribution is 2.41. The lowest BCUT2D eigenvalue weighted by Gasteiger charge is -2.18. The Morgan fingerprint density at radius 1 is 1.11 bits per heavy atom. The van der Waals surface area contributed by atoms with Gasteiger partial charge in [-0.3, -0.25) is 4.79 Å². The molecule has 0 bridgehead atoms. The van der Waals surface area contributed by atoms with E-state index >= 15 is 0 Å². The molecular formula is C12H14Cl2O5. The Morgan fingerprint density at radius 3 is 1.84 bits per heavy atom. The number of carboxylic acids is 1. The van der Waals surface area contributed by atoms with Gasteiger partial charge in [-0.2, -0.15) is 0 Å². The molecule has 106 valence electrons. The molecule has 0 spiro atoms. The first kappa shape index (κ1) is 15.7. The average molecular weight is 309 g/mol. The van der Waals surface area contributed by atoms with Crippen molar-refractivity contribution in [3.05, 3.63) is 17.7 Å². The standard InChI is InChI=1S/C12H14Cl2O5/c1-17-7-4-6(9(11(13)14)12(15)16)5-8(18-2)10(7)19-3/h4-5,9,11H,1-3H3,(H,15,16). The molecular weight excluding hydrogens is 295 g/mol. The summed E-state index contributed by atoms with van der Waals surface area (Å²) >= 11 is 11.4. The summed E-state index contributed by atoms with van der Waals surface area (Å²) in [7, 11) is 4.34. The number of halogens is 2. The van der Waals surface area contributed by atoms with Gasteiger partial charge in [0.25, 0.3) is 0 Å². The molecule has 1 rings (SSSR count). The first-order valence-electron chi connectivity index (χ1n) is 5.27. The maximum atomic E-state index is 11.2. The van der Waals surface area contributed by atoms with Crippen LogP contribution in [0.25, 0.3) is 0 Å². The molecule has 0 aromatic heterocycles. The molecule has 0 saturated carbocycles. The fourth-order valence-corrected chi connectivity index (χ4v) is 2.18. The molecule has 19 heavy (non-hydrogen) atoms. The predicted molar refractivity (Wildman–Crippen MR) is 72.0 cm³/mol. The number of aliphatic carboxylic acids is 1. The lowest BCUT2D eigenvalue weighted by atomic mass is 10.00. The summed E-state index contributed by atoms with van der Waals surface area (Å²) in [6.07, 6.45) is 0. The van der Waals surface area contributed by atoms with Gasteiger partial charge in [0.2, 0.25) is 5.75 Å². The van der Waals surface area contributed by atoms with E-state index in [1.165, 1.54) is 33.5 Å². The summed E-state index contributed by atoms with van der Waals surface area (Å²) in [6.45, 7) is 0. The zero-order valence-electron chi connectivity index (χ0n) is 10.6. The molecule has 0 radical (unpaired) electrons. The van der Waals surface area contributed by atoms with Gasteiger partial charge in [-0.05, 0) is 17.7 Å². The second-order valence-corrected chi connectivity index (χ2v) is 4.77. The van der Waals surface area contributed by atoms with Crippen molar-refractivity contribution in [2.45, 2.75) is 10.8 Å². The lowest BCUT2D eigenvalue weighted by molar-refractivity contribution is -0.138. The van der Waals surface area contributed by atoms with Crippen LogP contribution in [0.3, 0.4) is 0 Å². The van der Waals surface area contributed by atoms with Gasteiger partial charge in [0.15, 0.2) is 11.5 Å². The third kappa shape index (κ3) is 3.36. The van der Waals surface area contributed by atoms with Crippen LogP contribution in [0.15, 0.2) is 12.1 Å². The molecule has 1 aromatic carbocycles. The second-order valence-electron chi connectivity index (χ2n) is 3.61. The summed E-state index contributed by atoms with van der Waals surface area (Å²) < 4.78 is 15.4. The molecule has 0 aliphatic carbocycles. The Bertz CT molecular complexity index is 436. The Labute approximate surface area is 121 Å². The summed E-state index contributed by atoms with van der Waals surface area (Å²) in [5.41, 5.74) is 0.372. The summed E-state index contributed by atoms with van der Waals surface area (Å²) in [5.74, 6) is -1.16. The number of methoxy groups -OCH3 is 3.